The van der Waals surface area contributed by atoms with Crippen molar-refractivity contribution in [2.24, 2.45) is 0 Å². The number of amides is 2. The van der Waals surface area contributed by atoms with Crippen LogP contribution in [0.15, 0.2) is 35.7 Å². The second kappa shape index (κ2) is 8.11. The molecule has 7 nitrogen and oxygen atoms in total. The van der Waals surface area contributed by atoms with E-state index in [1.54, 1.807) is 35.7 Å². The molecule has 1 heterocycles. The van der Waals surface area contributed by atoms with Crippen molar-refractivity contribution in [2.45, 2.75) is 6.92 Å². The fourth-order valence-corrected chi connectivity index (χ4v) is 2.49. The highest BCUT2D eigenvalue weighted by Gasteiger charge is 2.13. The van der Waals surface area contributed by atoms with Gasteiger partial charge >= 0.3 is 5.97 Å². The molecule has 2 N–H and O–H groups in total. The van der Waals surface area contributed by atoms with Crippen LogP contribution in [0.2, 0.25) is 0 Å². The van der Waals surface area contributed by atoms with Gasteiger partial charge in [-0.3, -0.25) is 9.59 Å². The van der Waals surface area contributed by atoms with Crippen molar-refractivity contribution in [3.05, 3.63) is 40.6 Å². The van der Waals surface area contributed by atoms with Crippen molar-refractivity contribution in [1.29, 1.82) is 0 Å². The molecule has 2 rings (SSSR count). The average molecular weight is 348 g/mol. The van der Waals surface area contributed by atoms with Gasteiger partial charge in [-0.25, -0.2) is 4.79 Å². The number of benzene rings is 1. The number of esters is 1. The number of nitrogens with one attached hydrogen (secondary N) is 2. The lowest BCUT2D eigenvalue weighted by atomic mass is 10.2. The summed E-state index contributed by atoms with van der Waals surface area (Å²) in [6.45, 7) is 0.955. The molecule has 2 amide bonds. The highest BCUT2D eigenvalue weighted by atomic mass is 32.1. The molecule has 1 aromatic carbocycles. The Balaban J connectivity index is 1.99. The predicted molar refractivity (Wildman–Crippen MR) is 90.5 cm³/mol. The van der Waals surface area contributed by atoms with Crippen LogP contribution in [0.25, 0.3) is 0 Å². The van der Waals surface area contributed by atoms with E-state index < -0.39 is 18.5 Å². The van der Waals surface area contributed by atoms with Crippen molar-refractivity contribution < 1.29 is 23.9 Å². The van der Waals surface area contributed by atoms with Crippen LogP contribution in [-0.4, -0.2) is 31.5 Å². The number of anilines is 2. The first-order chi connectivity index (χ1) is 11.5. The zero-order valence-corrected chi connectivity index (χ0v) is 13.9. The second-order valence-corrected chi connectivity index (χ2v) is 5.65. The highest BCUT2D eigenvalue weighted by Crippen LogP contribution is 2.27. The fourth-order valence-electron chi connectivity index (χ4n) is 1.87. The monoisotopic (exact) mass is 348 g/mol. The summed E-state index contributed by atoms with van der Waals surface area (Å²) < 4.78 is 10.1. The van der Waals surface area contributed by atoms with E-state index in [4.69, 9.17) is 9.47 Å². The van der Waals surface area contributed by atoms with E-state index in [1.165, 1.54) is 25.4 Å². The van der Waals surface area contributed by atoms with Gasteiger partial charge in [-0.1, -0.05) is 6.07 Å². The van der Waals surface area contributed by atoms with Crippen LogP contribution >= 0.6 is 11.3 Å². The first kappa shape index (κ1) is 17.5. The number of rotatable bonds is 6. The van der Waals surface area contributed by atoms with Gasteiger partial charge in [0.15, 0.2) is 6.61 Å². The molecule has 0 saturated carbocycles. The van der Waals surface area contributed by atoms with Crippen molar-refractivity contribution in [3.63, 3.8) is 0 Å². The molecule has 1 aromatic heterocycles. The number of carbonyl (C=O) groups excluding carboxylic acids is 3. The van der Waals surface area contributed by atoms with Crippen LogP contribution in [0.3, 0.4) is 0 Å². The van der Waals surface area contributed by atoms with Crippen molar-refractivity contribution in [1.82, 2.24) is 0 Å². The third-order valence-corrected chi connectivity index (χ3v) is 3.70. The summed E-state index contributed by atoms with van der Waals surface area (Å²) in [5.74, 6) is -0.887. The summed E-state index contributed by atoms with van der Waals surface area (Å²) in [5.41, 5.74) is 0.870. The zero-order valence-electron chi connectivity index (χ0n) is 13.1. The maximum atomic E-state index is 12.0. The lowest BCUT2D eigenvalue weighted by molar-refractivity contribution is -0.119. The number of hydrogen-bond donors (Lipinski definition) is 2. The Bertz CT molecular complexity index is 743. The van der Waals surface area contributed by atoms with Crippen LogP contribution in [0.4, 0.5) is 11.4 Å². The molecule has 0 unspecified atom stereocenters. The maximum Gasteiger partial charge on any atom is 0.348 e. The molecule has 0 fully saturated rings. The quantitative estimate of drug-likeness (QED) is 0.782. The lowest BCUT2D eigenvalue weighted by Gasteiger charge is -2.12. The standard InChI is InChI=1S/C16H16N2O5S/c1-10(19)17-11-5-6-13(22-2)12(8-11)18-15(20)9-23-16(21)14-4-3-7-24-14/h3-8H,9H2,1-2H3,(H,17,19)(H,18,20). The van der Waals surface area contributed by atoms with Gasteiger partial charge in [0, 0.05) is 12.6 Å². The Morgan fingerprint density at radius 2 is 1.96 bits per heavy atom. The third kappa shape index (κ3) is 4.82. The van der Waals surface area contributed by atoms with Gasteiger partial charge in [0.1, 0.15) is 10.6 Å². The molecule has 126 valence electrons. The summed E-state index contributed by atoms with van der Waals surface area (Å²) in [5, 5.41) is 6.94. The molecule has 0 aliphatic rings. The molecule has 0 aliphatic heterocycles. The average Bonchev–Trinajstić information content (AvgIpc) is 3.07. The van der Waals surface area contributed by atoms with E-state index in [2.05, 4.69) is 10.6 Å². The molecule has 0 aliphatic carbocycles. The van der Waals surface area contributed by atoms with Gasteiger partial charge in [-0.05, 0) is 29.6 Å². The van der Waals surface area contributed by atoms with E-state index >= 15 is 0 Å². The first-order valence-corrected chi connectivity index (χ1v) is 7.83. The molecule has 0 saturated heterocycles. The molecule has 0 bridgehead atoms. The Kier molecular flexibility index (Phi) is 5.91. The Morgan fingerprint density at radius 3 is 2.58 bits per heavy atom. The molecule has 2 aromatic rings. The summed E-state index contributed by atoms with van der Waals surface area (Å²) in [4.78, 5) is 35.2. The van der Waals surface area contributed by atoms with E-state index in [9.17, 15) is 14.4 Å². The van der Waals surface area contributed by atoms with E-state index in [0.717, 1.165) is 0 Å². The molecule has 0 atom stereocenters. The Morgan fingerprint density at radius 1 is 1.17 bits per heavy atom. The molecular formula is C16H16N2O5S. The van der Waals surface area contributed by atoms with Crippen LogP contribution in [0, 0.1) is 0 Å². The summed E-state index contributed by atoms with van der Waals surface area (Å²) in [6, 6.07) is 8.15. The third-order valence-electron chi connectivity index (χ3n) is 2.85. The number of thiophene rings is 1. The molecule has 0 radical (unpaired) electrons. The molecule has 24 heavy (non-hydrogen) atoms. The molecule has 0 spiro atoms. The predicted octanol–water partition coefficient (Wildman–Crippen LogP) is 2.51. The summed E-state index contributed by atoms with van der Waals surface area (Å²) >= 11 is 1.23. The first-order valence-electron chi connectivity index (χ1n) is 6.95. The fraction of sp³-hybridized carbons (Fsp3) is 0.188. The second-order valence-electron chi connectivity index (χ2n) is 4.70. The van der Waals surface area contributed by atoms with E-state index in [1.807, 2.05) is 0 Å². The molecular weight excluding hydrogens is 332 g/mol. The van der Waals surface area contributed by atoms with Gasteiger partial charge in [0.25, 0.3) is 5.91 Å². The smallest absolute Gasteiger partial charge is 0.348 e. The van der Waals surface area contributed by atoms with Gasteiger partial charge in [0.05, 0.1) is 12.8 Å². The highest BCUT2D eigenvalue weighted by molar-refractivity contribution is 7.11. The number of hydrogen-bond acceptors (Lipinski definition) is 6. The van der Waals surface area contributed by atoms with Crippen molar-refractivity contribution in [3.8, 4) is 5.75 Å². The summed E-state index contributed by atoms with van der Waals surface area (Å²) in [7, 11) is 1.46. The Labute approximate surface area is 142 Å². The van der Waals surface area contributed by atoms with E-state index in [-0.39, 0.29) is 5.91 Å². The van der Waals surface area contributed by atoms with Crippen molar-refractivity contribution >= 4 is 40.5 Å². The van der Waals surface area contributed by atoms with Gasteiger partial charge < -0.3 is 20.1 Å². The van der Waals surface area contributed by atoms with Crippen LogP contribution < -0.4 is 15.4 Å². The minimum atomic E-state index is -0.556. The zero-order chi connectivity index (χ0) is 17.5. The van der Waals surface area contributed by atoms with Crippen LogP contribution in [0.1, 0.15) is 16.6 Å². The topological polar surface area (TPSA) is 93.7 Å². The maximum absolute atomic E-state index is 12.0. The number of carbonyl (C=O) groups is 3. The minimum Gasteiger partial charge on any atom is -0.495 e. The number of methoxy groups -OCH3 is 1. The SMILES string of the molecule is COc1ccc(NC(C)=O)cc1NC(=O)COC(=O)c1cccs1. The van der Waals surface area contributed by atoms with Gasteiger partial charge in [-0.2, -0.15) is 0 Å². The summed E-state index contributed by atoms with van der Waals surface area (Å²) in [6.07, 6.45) is 0. The minimum absolute atomic E-state index is 0.234. The number of ether oxygens (including phenoxy) is 2. The van der Waals surface area contributed by atoms with Gasteiger partial charge in [0.2, 0.25) is 5.91 Å². The Hall–Kier alpha value is -2.87. The normalized spacial score (nSPS) is 9.92. The van der Waals surface area contributed by atoms with Crippen molar-refractivity contribution in [2.75, 3.05) is 24.4 Å². The molecule has 8 heteroatoms. The van der Waals surface area contributed by atoms with Crippen LogP contribution in [-0.2, 0) is 14.3 Å². The lowest BCUT2D eigenvalue weighted by Crippen LogP contribution is -2.21. The van der Waals surface area contributed by atoms with Crippen LogP contribution in [0.5, 0.6) is 5.75 Å². The van der Waals surface area contributed by atoms with E-state index in [0.29, 0.717) is 22.0 Å². The van der Waals surface area contributed by atoms with Gasteiger partial charge in [-0.15, -0.1) is 11.3 Å². The largest absolute Gasteiger partial charge is 0.495 e.